The van der Waals surface area contributed by atoms with Gasteiger partial charge in [0.25, 0.3) is 0 Å². The summed E-state index contributed by atoms with van der Waals surface area (Å²) in [6, 6.07) is 12.2. The molecule has 1 aliphatic rings. The number of carbonyl (C=O) groups is 1. The van der Waals surface area contributed by atoms with Crippen molar-refractivity contribution >= 4 is 5.91 Å². The molecule has 0 bridgehead atoms. The third-order valence-electron chi connectivity index (χ3n) is 4.98. The smallest absolute Gasteiger partial charge is 0.244 e. The van der Waals surface area contributed by atoms with Gasteiger partial charge in [0, 0.05) is 43.2 Å². The van der Waals surface area contributed by atoms with Crippen LogP contribution >= 0.6 is 0 Å². The summed E-state index contributed by atoms with van der Waals surface area (Å²) in [5, 5.41) is 4.69. The monoisotopic (exact) mass is 377 g/mol. The Morgan fingerprint density at radius 3 is 2.46 bits per heavy atom. The minimum Gasteiger partial charge on any atom is -0.341 e. The number of piperidine rings is 1. The Morgan fingerprint density at radius 2 is 1.75 bits per heavy atom. The summed E-state index contributed by atoms with van der Waals surface area (Å²) in [7, 11) is 0. The van der Waals surface area contributed by atoms with Crippen LogP contribution in [0.5, 0.6) is 0 Å². The van der Waals surface area contributed by atoms with Crippen molar-refractivity contribution < 1.29 is 9.18 Å². The van der Waals surface area contributed by atoms with E-state index in [2.05, 4.69) is 16.5 Å². The lowest BCUT2D eigenvalue weighted by Crippen LogP contribution is -2.38. The van der Waals surface area contributed by atoms with Gasteiger partial charge >= 0.3 is 0 Å². The molecule has 1 radical (unpaired) electrons. The van der Waals surface area contributed by atoms with Gasteiger partial charge in [-0.15, -0.1) is 0 Å². The highest BCUT2D eigenvalue weighted by Gasteiger charge is 2.19. The molecule has 2 aromatic heterocycles. The number of hydrogen-bond donors (Lipinski definition) is 0. The zero-order valence-corrected chi connectivity index (χ0v) is 15.6. The molecular formula is C22H22FN4O. The molecule has 1 saturated heterocycles. The van der Waals surface area contributed by atoms with E-state index in [-0.39, 0.29) is 18.3 Å². The van der Waals surface area contributed by atoms with Gasteiger partial charge in [-0.25, -0.2) is 4.39 Å². The summed E-state index contributed by atoms with van der Waals surface area (Å²) < 4.78 is 15.0. The van der Waals surface area contributed by atoms with E-state index in [1.807, 2.05) is 23.1 Å². The third kappa shape index (κ3) is 4.27. The number of aromatic nitrogens is 3. The maximum Gasteiger partial charge on any atom is 0.244 e. The molecule has 0 N–H and O–H groups in total. The quantitative estimate of drug-likeness (QED) is 0.684. The van der Waals surface area contributed by atoms with Crippen molar-refractivity contribution in [3.05, 3.63) is 78.4 Å². The van der Waals surface area contributed by atoms with Crippen molar-refractivity contribution in [1.82, 2.24) is 19.7 Å². The van der Waals surface area contributed by atoms with Crippen molar-refractivity contribution in [2.24, 2.45) is 0 Å². The van der Waals surface area contributed by atoms with Crippen LogP contribution in [-0.4, -0.2) is 38.7 Å². The van der Waals surface area contributed by atoms with Gasteiger partial charge in [-0.1, -0.05) is 12.1 Å². The molecule has 1 aromatic carbocycles. The van der Waals surface area contributed by atoms with Gasteiger partial charge in [0.05, 0.1) is 5.69 Å². The van der Waals surface area contributed by atoms with E-state index < -0.39 is 0 Å². The first-order valence-electron chi connectivity index (χ1n) is 9.50. The number of amides is 1. The maximum atomic E-state index is 13.2. The highest BCUT2D eigenvalue weighted by molar-refractivity contribution is 5.76. The molecule has 3 heterocycles. The molecule has 5 nitrogen and oxygen atoms in total. The number of benzene rings is 1. The Bertz CT molecular complexity index is 931. The zero-order chi connectivity index (χ0) is 19.3. The van der Waals surface area contributed by atoms with E-state index in [1.165, 1.54) is 12.1 Å². The van der Waals surface area contributed by atoms with Crippen LogP contribution in [0.3, 0.4) is 0 Å². The molecule has 0 atom stereocenters. The normalized spacial score (nSPS) is 14.2. The predicted octanol–water partition coefficient (Wildman–Crippen LogP) is 3.50. The molecule has 0 aliphatic carbocycles. The zero-order valence-electron chi connectivity index (χ0n) is 15.6. The maximum absolute atomic E-state index is 13.2. The summed E-state index contributed by atoms with van der Waals surface area (Å²) >= 11 is 0. The molecule has 1 amide bonds. The number of hydrogen-bond acceptors (Lipinski definition) is 3. The Kier molecular flexibility index (Phi) is 5.46. The molecule has 28 heavy (non-hydrogen) atoms. The van der Waals surface area contributed by atoms with Crippen LogP contribution < -0.4 is 0 Å². The summed E-state index contributed by atoms with van der Waals surface area (Å²) in [6.07, 6.45) is 8.14. The molecular weight excluding hydrogens is 355 g/mol. The minimum atomic E-state index is -0.258. The van der Waals surface area contributed by atoms with Crippen molar-refractivity contribution in [1.29, 1.82) is 0 Å². The highest BCUT2D eigenvalue weighted by atomic mass is 19.1. The van der Waals surface area contributed by atoms with E-state index >= 15 is 0 Å². The molecule has 3 aromatic rings. The summed E-state index contributed by atoms with van der Waals surface area (Å²) in [4.78, 5) is 18.7. The fourth-order valence-electron chi connectivity index (χ4n) is 3.44. The molecule has 1 aliphatic heterocycles. The van der Waals surface area contributed by atoms with E-state index in [4.69, 9.17) is 0 Å². The molecule has 0 spiro atoms. The van der Waals surface area contributed by atoms with E-state index in [9.17, 15) is 9.18 Å². The molecule has 0 saturated carbocycles. The first-order valence-corrected chi connectivity index (χ1v) is 9.50. The van der Waals surface area contributed by atoms with Crippen LogP contribution in [0.1, 0.15) is 24.1 Å². The minimum absolute atomic E-state index is 0.0813. The lowest BCUT2D eigenvalue weighted by Gasteiger charge is -2.26. The summed E-state index contributed by atoms with van der Waals surface area (Å²) in [5.74, 6) is -0.176. The number of rotatable bonds is 5. The molecule has 4 rings (SSSR count). The fraction of sp³-hybridized carbons (Fsp3) is 0.273. The highest BCUT2D eigenvalue weighted by Crippen LogP contribution is 2.21. The van der Waals surface area contributed by atoms with E-state index in [0.717, 1.165) is 48.4 Å². The van der Waals surface area contributed by atoms with Crippen molar-refractivity contribution in [3.63, 3.8) is 0 Å². The van der Waals surface area contributed by atoms with Gasteiger partial charge in [-0.05, 0) is 55.2 Å². The average molecular weight is 377 g/mol. The second-order valence-electron chi connectivity index (χ2n) is 6.96. The first kappa shape index (κ1) is 18.3. The summed E-state index contributed by atoms with van der Waals surface area (Å²) in [6.45, 7) is 1.75. The Hall–Kier alpha value is -3.02. The van der Waals surface area contributed by atoms with Gasteiger partial charge in [0.1, 0.15) is 12.4 Å². The lowest BCUT2D eigenvalue weighted by atomic mass is 10.1. The third-order valence-corrected chi connectivity index (χ3v) is 4.98. The second-order valence-corrected chi connectivity index (χ2v) is 6.96. The Balaban J connectivity index is 1.61. The average Bonchev–Trinajstić information content (AvgIpc) is 3.13. The first-order chi connectivity index (χ1) is 13.7. The molecule has 6 heteroatoms. The van der Waals surface area contributed by atoms with Crippen LogP contribution in [0.15, 0.2) is 54.9 Å². The Labute approximate surface area is 163 Å². The molecule has 0 unspecified atom stereocenters. The standard InChI is InChI=1S/C22H22FN4O/c23-19-6-4-17(5-7-19)14-20-15-21(18-8-10-24-11-9-18)25-27(20)16-22(28)26-12-2-1-3-13-26/h1,4-11,15H,2-3,12-14,16H2. The van der Waals surface area contributed by atoms with Crippen molar-refractivity contribution in [3.8, 4) is 11.3 Å². The van der Waals surface area contributed by atoms with Gasteiger partial charge < -0.3 is 4.90 Å². The lowest BCUT2D eigenvalue weighted by molar-refractivity contribution is -0.132. The van der Waals surface area contributed by atoms with Crippen LogP contribution in [0.2, 0.25) is 0 Å². The molecule has 1 fully saturated rings. The summed E-state index contributed by atoms with van der Waals surface area (Å²) in [5.41, 5.74) is 3.66. The van der Waals surface area contributed by atoms with E-state index in [0.29, 0.717) is 6.42 Å². The number of likely N-dealkylation sites (tertiary alicyclic amines) is 1. The van der Waals surface area contributed by atoms with Crippen molar-refractivity contribution in [2.45, 2.75) is 25.8 Å². The number of nitrogens with zero attached hydrogens (tertiary/aromatic N) is 4. The topological polar surface area (TPSA) is 51.0 Å². The van der Waals surface area contributed by atoms with Crippen molar-refractivity contribution in [2.75, 3.05) is 13.1 Å². The molecule has 143 valence electrons. The SMILES string of the molecule is O=C(Cn1nc(-c2ccncc2)cc1Cc1ccc(F)cc1)N1CC[CH]CC1. The van der Waals surface area contributed by atoms with Crippen LogP contribution in [0.4, 0.5) is 4.39 Å². The number of halogens is 1. The number of carbonyl (C=O) groups excluding carboxylic acids is 1. The largest absolute Gasteiger partial charge is 0.341 e. The fourth-order valence-corrected chi connectivity index (χ4v) is 3.44. The number of pyridine rings is 1. The van der Waals surface area contributed by atoms with Crippen LogP contribution in [0.25, 0.3) is 11.3 Å². The second kappa shape index (κ2) is 8.33. The predicted molar refractivity (Wildman–Crippen MR) is 105 cm³/mol. The van der Waals surface area contributed by atoms with Gasteiger partial charge in [-0.3, -0.25) is 14.5 Å². The van der Waals surface area contributed by atoms with Gasteiger partial charge in [-0.2, -0.15) is 5.10 Å². The van der Waals surface area contributed by atoms with E-state index in [1.54, 1.807) is 29.2 Å². The van der Waals surface area contributed by atoms with Gasteiger partial charge in [0.2, 0.25) is 5.91 Å². The van der Waals surface area contributed by atoms with Crippen LogP contribution in [0, 0.1) is 12.2 Å². The Morgan fingerprint density at radius 1 is 1.04 bits per heavy atom. The van der Waals surface area contributed by atoms with Gasteiger partial charge in [0.15, 0.2) is 0 Å². The van der Waals surface area contributed by atoms with Crippen LogP contribution in [-0.2, 0) is 17.8 Å².